The maximum absolute atomic E-state index is 12.9. The van der Waals surface area contributed by atoms with Gasteiger partial charge in [-0.1, -0.05) is 6.07 Å². The van der Waals surface area contributed by atoms with Crippen molar-refractivity contribution in [2.45, 2.75) is 38.1 Å². The summed E-state index contributed by atoms with van der Waals surface area (Å²) in [7, 11) is 0. The van der Waals surface area contributed by atoms with Crippen molar-refractivity contribution in [2.24, 2.45) is 0 Å². The fourth-order valence-electron chi connectivity index (χ4n) is 3.38. The maximum Gasteiger partial charge on any atom is 0.266 e. The molecule has 1 saturated heterocycles. The molecule has 2 heterocycles. The lowest BCUT2D eigenvalue weighted by atomic mass is 10.0. The van der Waals surface area contributed by atoms with Crippen molar-refractivity contribution < 1.29 is 28.7 Å². The van der Waals surface area contributed by atoms with E-state index in [-0.39, 0.29) is 42.2 Å². The third-order valence-corrected chi connectivity index (χ3v) is 4.86. The predicted molar refractivity (Wildman–Crippen MR) is 104 cm³/mol. The molecule has 0 aromatic heterocycles. The summed E-state index contributed by atoms with van der Waals surface area (Å²) in [5, 5.41) is 4.83. The van der Waals surface area contributed by atoms with Crippen LogP contribution < -0.4 is 15.4 Å². The summed E-state index contributed by atoms with van der Waals surface area (Å²) in [6.07, 6.45) is 7.45. The Morgan fingerprint density at radius 1 is 1.23 bits per heavy atom. The number of benzene rings is 1. The van der Waals surface area contributed by atoms with Crippen LogP contribution in [-0.4, -0.2) is 53.6 Å². The van der Waals surface area contributed by atoms with Gasteiger partial charge in [-0.3, -0.25) is 34.2 Å². The van der Waals surface area contributed by atoms with Crippen molar-refractivity contribution in [3.63, 3.8) is 0 Å². The molecule has 2 N–H and O–H groups in total. The van der Waals surface area contributed by atoms with E-state index < -0.39 is 29.7 Å². The first kappa shape index (κ1) is 21.0. The van der Waals surface area contributed by atoms with Gasteiger partial charge in [-0.15, -0.1) is 12.3 Å². The average Bonchev–Trinajstić information content (AvgIpc) is 2.97. The number of nitrogens with one attached hydrogen (secondary N) is 2. The molecule has 5 amide bonds. The van der Waals surface area contributed by atoms with Gasteiger partial charge in [0.2, 0.25) is 11.8 Å². The molecule has 3 rings (SSSR count). The molecule has 2 aliphatic rings. The van der Waals surface area contributed by atoms with Crippen LogP contribution in [0.3, 0.4) is 0 Å². The van der Waals surface area contributed by atoms with Crippen LogP contribution in [0.2, 0.25) is 0 Å². The second-order valence-corrected chi connectivity index (χ2v) is 6.93. The highest BCUT2D eigenvalue weighted by Gasteiger charge is 2.46. The fourth-order valence-corrected chi connectivity index (χ4v) is 3.38. The lowest BCUT2D eigenvalue weighted by Crippen LogP contribution is -2.54. The molecule has 156 valence electrons. The Bertz CT molecular complexity index is 949. The highest BCUT2D eigenvalue weighted by molar-refractivity contribution is 6.24. The van der Waals surface area contributed by atoms with E-state index in [1.807, 2.05) is 0 Å². The smallest absolute Gasteiger partial charge is 0.266 e. The lowest BCUT2D eigenvalue weighted by Gasteiger charge is -2.27. The summed E-state index contributed by atoms with van der Waals surface area (Å²) in [5.74, 6) is -0.205. The second kappa shape index (κ2) is 9.22. The van der Waals surface area contributed by atoms with Gasteiger partial charge in [-0.2, -0.15) is 0 Å². The van der Waals surface area contributed by atoms with E-state index >= 15 is 0 Å². The highest BCUT2D eigenvalue weighted by Crippen LogP contribution is 2.33. The van der Waals surface area contributed by atoms with E-state index in [1.165, 1.54) is 18.2 Å². The van der Waals surface area contributed by atoms with Crippen molar-refractivity contribution in [1.29, 1.82) is 0 Å². The zero-order valence-corrected chi connectivity index (χ0v) is 16.2. The number of terminal acetylenes is 1. The Morgan fingerprint density at radius 3 is 2.77 bits per heavy atom. The van der Waals surface area contributed by atoms with Crippen LogP contribution in [-0.2, 0) is 14.4 Å². The van der Waals surface area contributed by atoms with E-state index in [1.54, 1.807) is 0 Å². The number of hydrogen-bond donors (Lipinski definition) is 2. The Labute approximate surface area is 173 Å². The third kappa shape index (κ3) is 4.33. The normalized spacial score (nSPS) is 18.0. The first-order valence-electron chi connectivity index (χ1n) is 9.61. The molecule has 0 bridgehead atoms. The van der Waals surface area contributed by atoms with Gasteiger partial charge in [0.25, 0.3) is 17.7 Å². The van der Waals surface area contributed by atoms with E-state index in [9.17, 15) is 24.0 Å². The number of unbranched alkanes of at least 4 members (excludes halogenated alkanes) is 2. The van der Waals surface area contributed by atoms with Gasteiger partial charge in [0.1, 0.15) is 11.8 Å². The molecule has 0 radical (unpaired) electrons. The quantitative estimate of drug-likeness (QED) is 0.362. The summed E-state index contributed by atoms with van der Waals surface area (Å²) < 4.78 is 5.49. The number of ether oxygens (including phenoxy) is 1. The van der Waals surface area contributed by atoms with Crippen molar-refractivity contribution in [3.8, 4) is 18.1 Å². The molecule has 30 heavy (non-hydrogen) atoms. The molecular weight excluding hydrogens is 390 g/mol. The summed E-state index contributed by atoms with van der Waals surface area (Å²) in [6, 6.07) is 3.41. The summed E-state index contributed by atoms with van der Waals surface area (Å²) in [6.45, 7) is 0.128. The van der Waals surface area contributed by atoms with Gasteiger partial charge in [-0.25, -0.2) is 0 Å². The molecule has 2 aliphatic heterocycles. The summed E-state index contributed by atoms with van der Waals surface area (Å²) in [4.78, 5) is 62.0. The lowest BCUT2D eigenvalue weighted by molar-refractivity contribution is -0.136. The molecule has 1 unspecified atom stereocenters. The number of imide groups is 2. The Balaban J connectivity index is 1.66. The minimum Gasteiger partial charge on any atom is -0.483 e. The Kier molecular flexibility index (Phi) is 6.47. The van der Waals surface area contributed by atoms with E-state index in [0.29, 0.717) is 13.0 Å². The van der Waals surface area contributed by atoms with Crippen LogP contribution >= 0.6 is 0 Å². The molecule has 1 aromatic carbocycles. The van der Waals surface area contributed by atoms with Crippen LogP contribution in [0.5, 0.6) is 5.75 Å². The topological polar surface area (TPSA) is 122 Å². The fraction of sp³-hybridized carbons (Fsp3) is 0.381. The second-order valence-electron chi connectivity index (χ2n) is 6.93. The zero-order valence-electron chi connectivity index (χ0n) is 16.2. The number of piperidine rings is 1. The van der Waals surface area contributed by atoms with E-state index in [4.69, 9.17) is 11.2 Å². The van der Waals surface area contributed by atoms with Gasteiger partial charge in [-0.05, 0) is 31.4 Å². The van der Waals surface area contributed by atoms with Crippen LogP contribution in [0.1, 0.15) is 52.8 Å². The third-order valence-electron chi connectivity index (χ3n) is 4.86. The van der Waals surface area contributed by atoms with Gasteiger partial charge >= 0.3 is 0 Å². The van der Waals surface area contributed by atoms with Crippen molar-refractivity contribution >= 4 is 29.5 Å². The molecule has 9 heteroatoms. The molecule has 1 atom stereocenters. The number of hydrogen-bond acceptors (Lipinski definition) is 6. The number of fused-ring (bicyclic) bond motifs is 1. The molecular formula is C21H21N3O6. The molecule has 1 fully saturated rings. The summed E-state index contributed by atoms with van der Waals surface area (Å²) >= 11 is 0. The van der Waals surface area contributed by atoms with Gasteiger partial charge < -0.3 is 10.1 Å². The minimum atomic E-state index is -1.06. The standard InChI is InChI=1S/C21H21N3O6/c1-2-3-4-5-11-22-17(26)12-30-15-8-6-7-13-18(15)21(29)24(20(13)28)14-9-10-16(25)23-19(14)27/h1,6-8,14H,3-5,9-12H2,(H,22,26)(H,23,25,27). The molecule has 1 aromatic rings. The summed E-state index contributed by atoms with van der Waals surface area (Å²) in [5.41, 5.74) is 0.103. The van der Waals surface area contributed by atoms with Gasteiger partial charge in [0.15, 0.2) is 6.61 Å². The zero-order chi connectivity index (χ0) is 21.7. The van der Waals surface area contributed by atoms with Crippen LogP contribution in [0.25, 0.3) is 0 Å². The number of carbonyl (C=O) groups excluding carboxylic acids is 5. The predicted octanol–water partition coefficient (Wildman–Crippen LogP) is 0.386. The van der Waals surface area contributed by atoms with E-state index in [0.717, 1.165) is 17.7 Å². The van der Waals surface area contributed by atoms with E-state index in [2.05, 4.69) is 16.6 Å². The monoisotopic (exact) mass is 411 g/mol. The van der Waals surface area contributed by atoms with Crippen LogP contribution in [0.4, 0.5) is 0 Å². The molecule has 9 nitrogen and oxygen atoms in total. The van der Waals surface area contributed by atoms with Gasteiger partial charge in [0, 0.05) is 19.4 Å². The van der Waals surface area contributed by atoms with Crippen molar-refractivity contribution in [2.75, 3.05) is 13.2 Å². The largest absolute Gasteiger partial charge is 0.483 e. The first-order valence-corrected chi connectivity index (χ1v) is 9.61. The number of nitrogens with zero attached hydrogens (tertiary/aromatic N) is 1. The van der Waals surface area contributed by atoms with Crippen LogP contribution in [0.15, 0.2) is 18.2 Å². The van der Waals surface area contributed by atoms with Gasteiger partial charge in [0.05, 0.1) is 11.1 Å². The molecule has 0 spiro atoms. The Hall–Kier alpha value is -3.67. The Morgan fingerprint density at radius 2 is 2.03 bits per heavy atom. The number of amides is 5. The average molecular weight is 411 g/mol. The molecule has 0 aliphatic carbocycles. The molecule has 0 saturated carbocycles. The van der Waals surface area contributed by atoms with Crippen molar-refractivity contribution in [1.82, 2.24) is 15.5 Å². The highest BCUT2D eigenvalue weighted by atomic mass is 16.5. The number of rotatable bonds is 8. The SMILES string of the molecule is C#CCCCCNC(=O)COc1cccc2c1C(=O)N(C1CCC(=O)NC1=O)C2=O. The van der Waals surface area contributed by atoms with Crippen LogP contribution in [0, 0.1) is 12.3 Å². The number of carbonyl (C=O) groups is 5. The first-order chi connectivity index (χ1) is 14.4. The minimum absolute atomic E-state index is 0.00835. The van der Waals surface area contributed by atoms with Crippen molar-refractivity contribution in [3.05, 3.63) is 29.3 Å². The maximum atomic E-state index is 12.9.